The molecule has 2 rings (SSSR count). The third-order valence-electron chi connectivity index (χ3n) is 2.13. The van der Waals surface area contributed by atoms with Crippen molar-refractivity contribution in [1.82, 2.24) is 0 Å². The summed E-state index contributed by atoms with van der Waals surface area (Å²) >= 11 is 13.6. The summed E-state index contributed by atoms with van der Waals surface area (Å²) in [5, 5.41) is 17.2. The highest BCUT2D eigenvalue weighted by atomic mass is 35.5. The van der Waals surface area contributed by atoms with Crippen LogP contribution in [0.2, 0.25) is 10.0 Å². The lowest BCUT2D eigenvalue weighted by Crippen LogP contribution is -1.94. The van der Waals surface area contributed by atoms with Crippen molar-refractivity contribution in [3.63, 3.8) is 0 Å². The number of para-hydroxylation sites is 1. The van der Waals surface area contributed by atoms with E-state index in [4.69, 9.17) is 28.3 Å². The second-order valence-corrected chi connectivity index (χ2v) is 4.75. The minimum atomic E-state index is -0.00605. The quantitative estimate of drug-likeness (QED) is 0.875. The fourth-order valence-electron chi connectivity index (χ4n) is 1.31. The smallest absolute Gasteiger partial charge is 0.0763 e. The number of halogens is 2. The molecule has 2 N–H and O–H groups in total. The highest BCUT2D eigenvalue weighted by molar-refractivity contribution is 7.08. The van der Waals surface area contributed by atoms with Crippen molar-refractivity contribution in [3.05, 3.63) is 44.6 Å². The second-order valence-electron chi connectivity index (χ2n) is 3.19. The van der Waals surface area contributed by atoms with E-state index in [1.807, 2.05) is 10.8 Å². The van der Waals surface area contributed by atoms with Crippen molar-refractivity contribution in [2.45, 2.75) is 6.61 Å². The molecule has 0 saturated heterocycles. The first-order valence-electron chi connectivity index (χ1n) is 4.59. The van der Waals surface area contributed by atoms with Crippen LogP contribution in [-0.4, -0.2) is 5.11 Å². The predicted molar refractivity (Wildman–Crippen MR) is 70.0 cm³/mol. The van der Waals surface area contributed by atoms with E-state index in [0.29, 0.717) is 15.7 Å². The van der Waals surface area contributed by atoms with Crippen LogP contribution >= 0.6 is 34.5 Å². The van der Waals surface area contributed by atoms with E-state index in [1.165, 1.54) is 11.3 Å². The van der Waals surface area contributed by atoms with Crippen LogP contribution in [0.3, 0.4) is 0 Å². The van der Waals surface area contributed by atoms with Gasteiger partial charge in [-0.25, -0.2) is 0 Å². The first-order valence-corrected chi connectivity index (χ1v) is 6.29. The van der Waals surface area contributed by atoms with Crippen molar-refractivity contribution in [2.75, 3.05) is 5.32 Å². The number of thiophene rings is 1. The largest absolute Gasteiger partial charge is 0.392 e. The number of rotatable bonds is 3. The maximum atomic E-state index is 9.12. The van der Waals surface area contributed by atoms with Crippen LogP contribution in [0.4, 0.5) is 11.4 Å². The van der Waals surface area contributed by atoms with E-state index in [-0.39, 0.29) is 6.61 Å². The van der Waals surface area contributed by atoms with Gasteiger partial charge in [-0.05, 0) is 17.5 Å². The summed E-state index contributed by atoms with van der Waals surface area (Å²) in [6, 6.07) is 5.32. The predicted octanol–water partition coefficient (Wildman–Crippen LogP) is 4.29. The molecule has 0 aliphatic heterocycles. The van der Waals surface area contributed by atoms with Gasteiger partial charge in [0.2, 0.25) is 0 Å². The molecule has 16 heavy (non-hydrogen) atoms. The zero-order valence-corrected chi connectivity index (χ0v) is 10.5. The normalized spacial score (nSPS) is 10.4. The van der Waals surface area contributed by atoms with Gasteiger partial charge in [0.05, 0.1) is 28.0 Å². The van der Waals surface area contributed by atoms with Crippen LogP contribution in [-0.2, 0) is 6.61 Å². The summed E-state index contributed by atoms with van der Waals surface area (Å²) in [7, 11) is 0. The molecule has 0 aliphatic carbocycles. The molecule has 1 aromatic heterocycles. The Kier molecular flexibility index (Phi) is 3.71. The minimum absolute atomic E-state index is 0.00605. The Balaban J connectivity index is 2.34. The summed E-state index contributed by atoms with van der Waals surface area (Å²) in [6.07, 6.45) is 0. The van der Waals surface area contributed by atoms with Gasteiger partial charge in [-0.1, -0.05) is 29.3 Å². The van der Waals surface area contributed by atoms with Gasteiger partial charge in [-0.15, -0.1) is 11.3 Å². The molecule has 0 radical (unpaired) electrons. The molecule has 1 heterocycles. The van der Waals surface area contributed by atoms with Crippen molar-refractivity contribution in [3.8, 4) is 0 Å². The van der Waals surface area contributed by atoms with Gasteiger partial charge in [0.25, 0.3) is 0 Å². The molecule has 0 amide bonds. The highest BCUT2D eigenvalue weighted by Crippen LogP contribution is 2.34. The fraction of sp³-hybridized carbons (Fsp3) is 0.0909. The van der Waals surface area contributed by atoms with Gasteiger partial charge in [-0.3, -0.25) is 0 Å². The maximum absolute atomic E-state index is 9.12. The number of hydrogen-bond donors (Lipinski definition) is 2. The first kappa shape index (κ1) is 11.7. The van der Waals surface area contributed by atoms with Gasteiger partial charge in [0.1, 0.15) is 0 Å². The first-order chi connectivity index (χ1) is 7.72. The van der Waals surface area contributed by atoms with Crippen molar-refractivity contribution >= 4 is 45.9 Å². The molecular weight excluding hydrogens is 265 g/mol. The Morgan fingerprint density at radius 1 is 1.19 bits per heavy atom. The molecule has 1 aromatic carbocycles. The minimum Gasteiger partial charge on any atom is -0.392 e. The number of benzene rings is 1. The number of nitrogens with one attached hydrogen (secondary N) is 1. The van der Waals surface area contributed by atoms with Gasteiger partial charge < -0.3 is 10.4 Å². The topological polar surface area (TPSA) is 32.3 Å². The zero-order chi connectivity index (χ0) is 11.5. The van der Waals surface area contributed by atoms with Gasteiger partial charge in [-0.2, -0.15) is 0 Å². The van der Waals surface area contributed by atoms with Crippen LogP contribution < -0.4 is 5.32 Å². The Bertz CT molecular complexity index is 478. The second kappa shape index (κ2) is 5.06. The van der Waals surface area contributed by atoms with Crippen molar-refractivity contribution in [2.24, 2.45) is 0 Å². The Morgan fingerprint density at radius 2 is 1.88 bits per heavy atom. The lowest BCUT2D eigenvalue weighted by molar-refractivity contribution is 0.283. The van der Waals surface area contributed by atoms with Crippen LogP contribution in [0, 0.1) is 0 Å². The maximum Gasteiger partial charge on any atom is 0.0763 e. The third-order valence-corrected chi connectivity index (χ3v) is 3.56. The molecule has 0 spiro atoms. The molecule has 0 atom stereocenters. The number of aliphatic hydroxyl groups excluding tert-OH is 1. The zero-order valence-electron chi connectivity index (χ0n) is 8.21. The third kappa shape index (κ3) is 2.33. The van der Waals surface area contributed by atoms with Crippen molar-refractivity contribution in [1.29, 1.82) is 0 Å². The van der Waals surface area contributed by atoms with E-state index < -0.39 is 0 Å². The molecule has 2 aromatic rings. The van der Waals surface area contributed by atoms with Crippen LogP contribution in [0.15, 0.2) is 29.0 Å². The highest BCUT2D eigenvalue weighted by Gasteiger charge is 2.08. The SMILES string of the molecule is OCc1cscc1Nc1c(Cl)cccc1Cl. The number of aliphatic hydroxyl groups is 1. The molecule has 5 heteroatoms. The summed E-state index contributed by atoms with van der Waals surface area (Å²) in [4.78, 5) is 0. The molecule has 0 aliphatic rings. The van der Waals surface area contributed by atoms with Crippen molar-refractivity contribution < 1.29 is 5.11 Å². The monoisotopic (exact) mass is 273 g/mol. The molecule has 0 fully saturated rings. The van der Waals surface area contributed by atoms with Crippen LogP contribution in [0.25, 0.3) is 0 Å². The average molecular weight is 274 g/mol. The van der Waals surface area contributed by atoms with E-state index in [1.54, 1.807) is 18.2 Å². The van der Waals surface area contributed by atoms with Gasteiger partial charge >= 0.3 is 0 Å². The summed E-state index contributed by atoms with van der Waals surface area (Å²) in [5.74, 6) is 0. The molecule has 2 nitrogen and oxygen atoms in total. The Hall–Kier alpha value is -0.740. The standard InChI is InChI=1S/C11H9Cl2NOS/c12-8-2-1-3-9(13)11(8)14-10-6-16-5-7(10)4-15/h1-3,5-6,14-15H,4H2. The van der Waals surface area contributed by atoms with E-state index in [0.717, 1.165) is 11.3 Å². The lowest BCUT2D eigenvalue weighted by Gasteiger charge is -2.10. The molecule has 0 unspecified atom stereocenters. The molecular formula is C11H9Cl2NOS. The van der Waals surface area contributed by atoms with Gasteiger partial charge in [0.15, 0.2) is 0 Å². The Labute approximate surface area is 107 Å². The van der Waals surface area contributed by atoms with Gasteiger partial charge in [0, 0.05) is 10.9 Å². The number of hydrogen-bond acceptors (Lipinski definition) is 3. The Morgan fingerprint density at radius 3 is 2.50 bits per heavy atom. The molecule has 0 saturated carbocycles. The summed E-state index contributed by atoms with van der Waals surface area (Å²) in [6.45, 7) is -0.00605. The van der Waals surface area contributed by atoms with E-state index >= 15 is 0 Å². The molecule has 84 valence electrons. The molecule has 0 bridgehead atoms. The lowest BCUT2D eigenvalue weighted by atomic mass is 10.2. The van der Waals surface area contributed by atoms with Crippen LogP contribution in [0.5, 0.6) is 0 Å². The summed E-state index contributed by atoms with van der Waals surface area (Å²) < 4.78 is 0. The van der Waals surface area contributed by atoms with E-state index in [2.05, 4.69) is 5.32 Å². The summed E-state index contributed by atoms with van der Waals surface area (Å²) in [5.41, 5.74) is 2.34. The van der Waals surface area contributed by atoms with E-state index in [9.17, 15) is 0 Å². The van der Waals surface area contributed by atoms with Crippen LogP contribution in [0.1, 0.15) is 5.56 Å². The fourth-order valence-corrected chi connectivity index (χ4v) is 2.58. The number of anilines is 2. The average Bonchev–Trinajstić information content (AvgIpc) is 2.71.